The molecule has 0 saturated heterocycles. The zero-order chi connectivity index (χ0) is 20.2. The number of pyridine rings is 1. The standard InChI is InChI=1S/C23H21N3O3/c1-16-8-10-18(11-9-16)25-21(27)12-13-22(28)26-15-17-5-2-3-7-20(17)29-23-19(26)6-4-14-24-23/h2-11,14H,12-13,15H2,1H3,(H,25,27). The maximum atomic E-state index is 13.0. The van der Waals surface area contributed by atoms with E-state index in [1.807, 2.05) is 55.5 Å². The SMILES string of the molecule is Cc1ccc(NC(=O)CCC(=O)N2Cc3ccccc3Oc3ncccc32)cc1. The van der Waals surface area contributed by atoms with Gasteiger partial charge in [-0.2, -0.15) is 0 Å². The normalized spacial score (nSPS) is 12.2. The van der Waals surface area contributed by atoms with E-state index >= 15 is 0 Å². The lowest BCUT2D eigenvalue weighted by Crippen LogP contribution is -2.30. The average molecular weight is 387 g/mol. The number of carbonyl (C=O) groups is 2. The van der Waals surface area contributed by atoms with Gasteiger partial charge in [0.25, 0.3) is 0 Å². The van der Waals surface area contributed by atoms with Crippen molar-refractivity contribution in [2.45, 2.75) is 26.3 Å². The third kappa shape index (κ3) is 4.27. The first-order chi connectivity index (χ1) is 14.1. The van der Waals surface area contributed by atoms with E-state index in [0.29, 0.717) is 23.9 Å². The number of rotatable bonds is 4. The van der Waals surface area contributed by atoms with Gasteiger partial charge in [-0.1, -0.05) is 35.9 Å². The average Bonchev–Trinajstić information content (AvgIpc) is 2.90. The molecule has 6 nitrogen and oxygen atoms in total. The van der Waals surface area contributed by atoms with Crippen LogP contribution in [-0.4, -0.2) is 16.8 Å². The molecule has 29 heavy (non-hydrogen) atoms. The molecule has 0 spiro atoms. The summed E-state index contributed by atoms with van der Waals surface area (Å²) in [5.41, 5.74) is 3.34. The Kier molecular flexibility index (Phi) is 5.24. The number of aromatic nitrogens is 1. The van der Waals surface area contributed by atoms with E-state index in [9.17, 15) is 9.59 Å². The summed E-state index contributed by atoms with van der Waals surface area (Å²) >= 11 is 0. The Hall–Kier alpha value is -3.67. The van der Waals surface area contributed by atoms with E-state index in [4.69, 9.17) is 4.74 Å². The molecule has 1 aliphatic heterocycles. The van der Waals surface area contributed by atoms with E-state index in [-0.39, 0.29) is 24.7 Å². The predicted octanol–water partition coefficient (Wildman–Crippen LogP) is 4.45. The second-order valence-electron chi connectivity index (χ2n) is 6.93. The number of carbonyl (C=O) groups excluding carboxylic acids is 2. The van der Waals surface area contributed by atoms with Crippen LogP contribution in [0.4, 0.5) is 11.4 Å². The minimum atomic E-state index is -0.194. The summed E-state index contributed by atoms with van der Waals surface area (Å²) in [7, 11) is 0. The van der Waals surface area contributed by atoms with Crippen LogP contribution >= 0.6 is 0 Å². The summed E-state index contributed by atoms with van der Waals surface area (Å²) in [4.78, 5) is 31.2. The molecular formula is C23H21N3O3. The molecule has 0 fully saturated rings. The van der Waals surface area contributed by atoms with Crippen molar-refractivity contribution in [1.82, 2.24) is 4.98 Å². The van der Waals surface area contributed by atoms with Crippen LogP contribution in [0.1, 0.15) is 24.0 Å². The predicted molar refractivity (Wildman–Crippen MR) is 111 cm³/mol. The molecule has 1 aromatic heterocycles. The summed E-state index contributed by atoms with van der Waals surface area (Å²) in [6, 6.07) is 18.7. The van der Waals surface area contributed by atoms with Gasteiger partial charge in [-0.25, -0.2) is 4.98 Å². The number of benzene rings is 2. The van der Waals surface area contributed by atoms with Crippen molar-refractivity contribution in [2.24, 2.45) is 0 Å². The van der Waals surface area contributed by atoms with Crippen molar-refractivity contribution in [1.29, 1.82) is 0 Å². The van der Waals surface area contributed by atoms with E-state index in [1.54, 1.807) is 23.2 Å². The zero-order valence-electron chi connectivity index (χ0n) is 16.1. The van der Waals surface area contributed by atoms with E-state index in [0.717, 1.165) is 16.8 Å². The first kappa shape index (κ1) is 18.7. The fourth-order valence-electron chi connectivity index (χ4n) is 3.20. The van der Waals surface area contributed by atoms with Crippen LogP contribution in [0.25, 0.3) is 0 Å². The lowest BCUT2D eigenvalue weighted by molar-refractivity contribution is -0.122. The Balaban J connectivity index is 1.47. The highest BCUT2D eigenvalue weighted by Gasteiger charge is 2.26. The highest BCUT2D eigenvalue weighted by molar-refractivity contribution is 5.99. The molecule has 0 saturated carbocycles. The smallest absolute Gasteiger partial charge is 0.243 e. The van der Waals surface area contributed by atoms with Crippen molar-refractivity contribution in [3.63, 3.8) is 0 Å². The molecule has 0 unspecified atom stereocenters. The number of nitrogens with one attached hydrogen (secondary N) is 1. The van der Waals surface area contributed by atoms with Gasteiger partial charge in [-0.3, -0.25) is 9.59 Å². The lowest BCUT2D eigenvalue weighted by atomic mass is 10.1. The first-order valence-electron chi connectivity index (χ1n) is 9.48. The van der Waals surface area contributed by atoms with Gasteiger partial charge in [0.1, 0.15) is 11.4 Å². The molecule has 0 radical (unpaired) electrons. The molecular weight excluding hydrogens is 366 g/mol. The number of aryl methyl sites for hydroxylation is 1. The van der Waals surface area contributed by atoms with E-state index in [2.05, 4.69) is 10.3 Å². The van der Waals surface area contributed by atoms with Crippen LogP contribution in [0.2, 0.25) is 0 Å². The lowest BCUT2D eigenvalue weighted by Gasteiger charge is -2.21. The molecule has 1 N–H and O–H groups in total. The second kappa shape index (κ2) is 8.14. The van der Waals surface area contributed by atoms with E-state index in [1.165, 1.54) is 0 Å². The van der Waals surface area contributed by atoms with Gasteiger partial charge >= 0.3 is 0 Å². The molecule has 2 heterocycles. The van der Waals surface area contributed by atoms with Gasteiger partial charge in [0, 0.05) is 30.3 Å². The third-order valence-corrected chi connectivity index (χ3v) is 4.75. The first-order valence-corrected chi connectivity index (χ1v) is 9.48. The van der Waals surface area contributed by atoms with Crippen LogP contribution in [0.3, 0.4) is 0 Å². The van der Waals surface area contributed by atoms with Crippen LogP contribution < -0.4 is 15.0 Å². The fourth-order valence-corrected chi connectivity index (χ4v) is 3.20. The number of para-hydroxylation sites is 1. The quantitative estimate of drug-likeness (QED) is 0.718. The highest BCUT2D eigenvalue weighted by atomic mass is 16.5. The zero-order valence-corrected chi connectivity index (χ0v) is 16.1. The minimum Gasteiger partial charge on any atom is -0.437 e. The summed E-state index contributed by atoms with van der Waals surface area (Å²) < 4.78 is 5.91. The summed E-state index contributed by atoms with van der Waals surface area (Å²) in [6.45, 7) is 2.35. The van der Waals surface area contributed by atoms with Crippen molar-refractivity contribution in [3.05, 3.63) is 78.0 Å². The Morgan fingerprint density at radius 3 is 2.66 bits per heavy atom. The molecule has 0 aliphatic carbocycles. The Morgan fingerprint density at radius 2 is 1.83 bits per heavy atom. The Morgan fingerprint density at radius 1 is 1.03 bits per heavy atom. The number of hydrogen-bond acceptors (Lipinski definition) is 4. The topological polar surface area (TPSA) is 71.5 Å². The van der Waals surface area contributed by atoms with Crippen LogP contribution in [0.5, 0.6) is 11.6 Å². The fraction of sp³-hybridized carbons (Fsp3) is 0.174. The van der Waals surface area contributed by atoms with Crippen LogP contribution in [-0.2, 0) is 16.1 Å². The maximum absolute atomic E-state index is 13.0. The van der Waals surface area contributed by atoms with Gasteiger partial charge < -0.3 is 15.0 Å². The molecule has 1 aliphatic rings. The largest absolute Gasteiger partial charge is 0.437 e. The summed E-state index contributed by atoms with van der Waals surface area (Å²) in [6.07, 6.45) is 1.82. The summed E-state index contributed by atoms with van der Waals surface area (Å²) in [5.74, 6) is 0.716. The molecule has 0 bridgehead atoms. The van der Waals surface area contributed by atoms with Crippen molar-refractivity contribution >= 4 is 23.2 Å². The monoisotopic (exact) mass is 387 g/mol. The molecule has 3 aromatic rings. The van der Waals surface area contributed by atoms with Gasteiger partial charge in [-0.05, 0) is 37.3 Å². The number of nitrogens with zero attached hydrogens (tertiary/aromatic N) is 2. The van der Waals surface area contributed by atoms with Gasteiger partial charge in [-0.15, -0.1) is 0 Å². The molecule has 146 valence electrons. The Labute approximate surface area is 169 Å². The minimum absolute atomic E-state index is 0.0915. The van der Waals surface area contributed by atoms with E-state index < -0.39 is 0 Å². The molecule has 6 heteroatoms. The summed E-state index contributed by atoms with van der Waals surface area (Å²) in [5, 5.41) is 2.83. The number of amides is 2. The molecule has 2 amide bonds. The molecule has 0 atom stereocenters. The van der Waals surface area contributed by atoms with Crippen LogP contribution in [0, 0.1) is 6.92 Å². The Bertz CT molecular complexity index is 1050. The molecule has 2 aromatic carbocycles. The van der Waals surface area contributed by atoms with Crippen molar-refractivity contribution in [3.8, 4) is 11.6 Å². The molecule has 4 rings (SSSR count). The van der Waals surface area contributed by atoms with Gasteiger partial charge in [0.15, 0.2) is 0 Å². The number of hydrogen-bond donors (Lipinski definition) is 1. The van der Waals surface area contributed by atoms with Crippen molar-refractivity contribution < 1.29 is 14.3 Å². The number of anilines is 2. The number of ether oxygens (including phenoxy) is 1. The van der Waals surface area contributed by atoms with Gasteiger partial charge in [0.05, 0.1) is 6.54 Å². The third-order valence-electron chi connectivity index (χ3n) is 4.75. The van der Waals surface area contributed by atoms with Crippen LogP contribution in [0.15, 0.2) is 66.9 Å². The van der Waals surface area contributed by atoms with Crippen molar-refractivity contribution in [2.75, 3.05) is 10.2 Å². The van der Waals surface area contributed by atoms with Gasteiger partial charge in [0.2, 0.25) is 17.7 Å². The second-order valence-corrected chi connectivity index (χ2v) is 6.93. The maximum Gasteiger partial charge on any atom is 0.243 e. The number of fused-ring (bicyclic) bond motifs is 2. The highest BCUT2D eigenvalue weighted by Crippen LogP contribution is 2.37.